The number of rotatable bonds is 4. The van der Waals surface area contributed by atoms with E-state index in [1.54, 1.807) is 24.3 Å². The maximum absolute atomic E-state index is 12.6. The lowest BCUT2D eigenvalue weighted by atomic mass is 10.1. The molecule has 0 saturated carbocycles. The van der Waals surface area contributed by atoms with Gasteiger partial charge >= 0.3 is 6.03 Å². The summed E-state index contributed by atoms with van der Waals surface area (Å²) >= 11 is 12.0. The molecule has 1 aliphatic heterocycles. The largest absolute Gasteiger partial charge is 0.350 e. The summed E-state index contributed by atoms with van der Waals surface area (Å²) in [7, 11) is 0. The molecule has 0 aliphatic carbocycles. The van der Waals surface area contributed by atoms with E-state index in [9.17, 15) is 14.4 Å². The van der Waals surface area contributed by atoms with Gasteiger partial charge in [-0.25, -0.2) is 4.79 Å². The van der Waals surface area contributed by atoms with Crippen molar-refractivity contribution in [3.63, 3.8) is 0 Å². The summed E-state index contributed by atoms with van der Waals surface area (Å²) in [6.45, 7) is 2.14. The normalized spacial score (nSPS) is 16.2. The third kappa shape index (κ3) is 4.64. The Morgan fingerprint density at radius 2 is 1.86 bits per heavy atom. The fourth-order valence-electron chi connectivity index (χ4n) is 3.00. The van der Waals surface area contributed by atoms with E-state index in [-0.39, 0.29) is 25.3 Å². The molecule has 1 fully saturated rings. The number of nitrogens with one attached hydrogen (secondary N) is 2. The van der Waals surface area contributed by atoms with Crippen LogP contribution in [0.4, 0.5) is 10.5 Å². The summed E-state index contributed by atoms with van der Waals surface area (Å²) < 4.78 is 0. The Labute approximate surface area is 172 Å². The van der Waals surface area contributed by atoms with Gasteiger partial charge in [0.15, 0.2) is 0 Å². The van der Waals surface area contributed by atoms with Crippen LogP contribution in [-0.4, -0.2) is 28.8 Å². The van der Waals surface area contributed by atoms with Crippen molar-refractivity contribution < 1.29 is 14.4 Å². The van der Waals surface area contributed by atoms with Crippen LogP contribution in [0, 0.1) is 6.92 Å². The first-order valence-electron chi connectivity index (χ1n) is 8.76. The van der Waals surface area contributed by atoms with Crippen LogP contribution in [0.5, 0.6) is 0 Å². The summed E-state index contributed by atoms with van der Waals surface area (Å²) in [5.74, 6) is -0.784. The Kier molecular flexibility index (Phi) is 6.21. The lowest BCUT2D eigenvalue weighted by Crippen LogP contribution is -2.49. The number of carbonyl (C=O) groups excluding carboxylic acids is 3. The fourth-order valence-corrected chi connectivity index (χ4v) is 3.43. The number of hydrogen-bond donors (Lipinski definition) is 2. The maximum Gasteiger partial charge on any atom is 0.329 e. The predicted octanol–water partition coefficient (Wildman–Crippen LogP) is 4.14. The molecule has 2 N–H and O–H groups in total. The number of hydrogen-bond acceptors (Lipinski definition) is 3. The zero-order valence-electron chi connectivity index (χ0n) is 15.2. The van der Waals surface area contributed by atoms with Crippen molar-refractivity contribution in [3.05, 3.63) is 63.6 Å². The van der Waals surface area contributed by atoms with Gasteiger partial charge in [-0.3, -0.25) is 14.5 Å². The highest BCUT2D eigenvalue weighted by atomic mass is 35.5. The monoisotopic (exact) mass is 419 g/mol. The van der Waals surface area contributed by atoms with Gasteiger partial charge in [0.1, 0.15) is 6.04 Å². The van der Waals surface area contributed by atoms with Crippen LogP contribution < -0.4 is 10.6 Å². The third-order valence-electron chi connectivity index (χ3n) is 4.49. The Bertz CT molecular complexity index is 915. The zero-order chi connectivity index (χ0) is 20.3. The van der Waals surface area contributed by atoms with E-state index < -0.39 is 18.0 Å². The minimum Gasteiger partial charge on any atom is -0.350 e. The minimum absolute atomic E-state index is 0.136. The summed E-state index contributed by atoms with van der Waals surface area (Å²) in [4.78, 5) is 38.3. The molecule has 8 heteroatoms. The van der Waals surface area contributed by atoms with Gasteiger partial charge in [-0.15, -0.1) is 0 Å². The van der Waals surface area contributed by atoms with E-state index in [0.29, 0.717) is 15.7 Å². The van der Waals surface area contributed by atoms with Crippen molar-refractivity contribution in [2.45, 2.75) is 32.4 Å². The molecule has 0 bridgehead atoms. The Morgan fingerprint density at radius 3 is 2.54 bits per heavy atom. The van der Waals surface area contributed by atoms with Gasteiger partial charge in [0.2, 0.25) is 11.8 Å². The molecule has 0 unspecified atom stereocenters. The van der Waals surface area contributed by atoms with Crippen LogP contribution in [0.15, 0.2) is 42.5 Å². The van der Waals surface area contributed by atoms with Crippen LogP contribution in [-0.2, 0) is 16.1 Å². The SMILES string of the molecule is Cc1ccc(CNC(=O)[C@@H]2CCC(=O)N2C(=O)Nc2ccc(Cl)cc2)c(Cl)c1. The van der Waals surface area contributed by atoms with Crippen molar-refractivity contribution in [1.29, 1.82) is 0 Å². The smallest absolute Gasteiger partial charge is 0.329 e. The standard InChI is InChI=1S/C20H19Cl2N3O3/c1-12-2-3-13(16(22)10-12)11-23-19(27)17-8-9-18(26)25(17)20(28)24-15-6-4-14(21)5-7-15/h2-7,10,17H,8-9,11H2,1H3,(H,23,27)(H,24,28)/t17-/m0/s1. The number of imide groups is 1. The number of nitrogens with zero attached hydrogens (tertiary/aromatic N) is 1. The van der Waals surface area contributed by atoms with Crippen molar-refractivity contribution >= 4 is 46.7 Å². The molecule has 146 valence electrons. The quantitative estimate of drug-likeness (QED) is 0.781. The number of anilines is 1. The first kappa shape index (κ1) is 20.2. The van der Waals surface area contributed by atoms with E-state index in [0.717, 1.165) is 16.0 Å². The van der Waals surface area contributed by atoms with Gasteiger partial charge < -0.3 is 10.6 Å². The van der Waals surface area contributed by atoms with Gasteiger partial charge in [-0.2, -0.15) is 0 Å². The number of urea groups is 1. The Hall–Kier alpha value is -2.57. The summed E-state index contributed by atoms with van der Waals surface area (Å²) in [5.41, 5.74) is 2.27. The molecule has 2 aromatic rings. The van der Waals surface area contributed by atoms with Gasteiger partial charge in [0.25, 0.3) is 0 Å². The number of aryl methyl sites for hydroxylation is 1. The van der Waals surface area contributed by atoms with Gasteiger partial charge in [-0.05, 0) is 54.8 Å². The molecule has 28 heavy (non-hydrogen) atoms. The predicted molar refractivity (Wildman–Crippen MR) is 108 cm³/mol. The third-order valence-corrected chi connectivity index (χ3v) is 5.09. The average molecular weight is 420 g/mol. The highest BCUT2D eigenvalue weighted by Gasteiger charge is 2.40. The first-order valence-corrected chi connectivity index (χ1v) is 9.52. The second-order valence-corrected chi connectivity index (χ2v) is 7.41. The number of halogens is 2. The van der Waals surface area contributed by atoms with Crippen molar-refractivity contribution in [3.8, 4) is 0 Å². The Balaban J connectivity index is 1.65. The van der Waals surface area contributed by atoms with Crippen LogP contribution in [0.1, 0.15) is 24.0 Å². The van der Waals surface area contributed by atoms with Gasteiger partial charge in [0, 0.05) is 28.7 Å². The fraction of sp³-hybridized carbons (Fsp3) is 0.250. The van der Waals surface area contributed by atoms with E-state index in [1.807, 2.05) is 25.1 Å². The molecule has 3 rings (SSSR count). The van der Waals surface area contributed by atoms with E-state index in [1.165, 1.54) is 0 Å². The molecular formula is C20H19Cl2N3O3. The summed E-state index contributed by atoms with van der Waals surface area (Å²) in [6, 6.07) is 10.5. The van der Waals surface area contributed by atoms with Crippen molar-refractivity contribution in [1.82, 2.24) is 10.2 Å². The molecular weight excluding hydrogens is 401 g/mol. The number of benzene rings is 2. The lowest BCUT2D eigenvalue weighted by Gasteiger charge is -2.22. The average Bonchev–Trinajstić information content (AvgIpc) is 3.04. The molecule has 2 aromatic carbocycles. The number of amides is 4. The van der Waals surface area contributed by atoms with Crippen molar-refractivity contribution in [2.24, 2.45) is 0 Å². The summed E-state index contributed by atoms with van der Waals surface area (Å²) in [5, 5.41) is 6.47. The van der Waals surface area contributed by atoms with E-state index in [2.05, 4.69) is 10.6 Å². The van der Waals surface area contributed by atoms with Gasteiger partial charge in [0.05, 0.1) is 0 Å². The minimum atomic E-state index is -0.857. The van der Waals surface area contributed by atoms with E-state index in [4.69, 9.17) is 23.2 Å². The van der Waals surface area contributed by atoms with Crippen molar-refractivity contribution in [2.75, 3.05) is 5.32 Å². The number of carbonyl (C=O) groups is 3. The van der Waals surface area contributed by atoms with Crippen LogP contribution in [0.3, 0.4) is 0 Å². The Morgan fingerprint density at radius 1 is 1.14 bits per heavy atom. The second-order valence-electron chi connectivity index (χ2n) is 6.57. The number of likely N-dealkylation sites (tertiary alicyclic amines) is 1. The van der Waals surface area contributed by atoms with E-state index >= 15 is 0 Å². The molecule has 0 aromatic heterocycles. The molecule has 0 spiro atoms. The highest BCUT2D eigenvalue weighted by molar-refractivity contribution is 6.31. The van der Waals surface area contributed by atoms with Crippen LogP contribution >= 0.6 is 23.2 Å². The van der Waals surface area contributed by atoms with Gasteiger partial charge in [-0.1, -0.05) is 35.3 Å². The molecule has 1 atom stereocenters. The molecule has 0 radical (unpaired) electrons. The lowest BCUT2D eigenvalue weighted by molar-refractivity contribution is -0.132. The molecule has 1 saturated heterocycles. The maximum atomic E-state index is 12.6. The highest BCUT2D eigenvalue weighted by Crippen LogP contribution is 2.22. The zero-order valence-corrected chi connectivity index (χ0v) is 16.7. The molecule has 1 heterocycles. The summed E-state index contributed by atoms with van der Waals surface area (Å²) in [6.07, 6.45) is 0.414. The molecule has 4 amide bonds. The first-order chi connectivity index (χ1) is 13.3. The molecule has 1 aliphatic rings. The second kappa shape index (κ2) is 8.63. The van der Waals surface area contributed by atoms with Crippen LogP contribution in [0.25, 0.3) is 0 Å². The van der Waals surface area contributed by atoms with Crippen LogP contribution in [0.2, 0.25) is 10.0 Å². The molecule has 6 nitrogen and oxygen atoms in total. The topological polar surface area (TPSA) is 78.5 Å².